The predicted molar refractivity (Wildman–Crippen MR) is 54.3 cm³/mol. The molecule has 0 radical (unpaired) electrons. The van der Waals surface area contributed by atoms with Crippen LogP contribution in [0.25, 0.3) is 0 Å². The molecule has 0 amide bonds. The summed E-state index contributed by atoms with van der Waals surface area (Å²) >= 11 is 0. The van der Waals surface area contributed by atoms with Crippen molar-refractivity contribution in [1.82, 2.24) is 0 Å². The first-order valence-electron chi connectivity index (χ1n) is 4.72. The minimum atomic E-state index is 0.0191. The Hall–Kier alpha value is -1.22. The highest BCUT2D eigenvalue weighted by Gasteiger charge is 2.57. The Labute approximate surface area is 83.2 Å². The van der Waals surface area contributed by atoms with Crippen LogP contribution in [0.5, 0.6) is 11.5 Å². The molecule has 0 unspecified atom stereocenters. The van der Waals surface area contributed by atoms with Gasteiger partial charge in [0.15, 0.2) is 0 Å². The molecule has 0 spiro atoms. The van der Waals surface area contributed by atoms with Crippen molar-refractivity contribution in [1.29, 1.82) is 0 Å². The first-order valence-corrected chi connectivity index (χ1v) is 4.72. The zero-order valence-electron chi connectivity index (χ0n) is 8.36. The lowest BCUT2D eigenvalue weighted by molar-refractivity contribution is 0.451. The van der Waals surface area contributed by atoms with Gasteiger partial charge in [-0.2, -0.15) is 0 Å². The molecule has 14 heavy (non-hydrogen) atoms. The van der Waals surface area contributed by atoms with Crippen molar-refractivity contribution in [2.45, 2.75) is 25.8 Å². The van der Waals surface area contributed by atoms with E-state index < -0.39 is 0 Å². The SMILES string of the molecule is CC1(C)[C@@H](N)[C@@H]1c1cc(O)ccc1O. The van der Waals surface area contributed by atoms with Crippen LogP contribution in [-0.2, 0) is 0 Å². The minimum Gasteiger partial charge on any atom is -0.508 e. The van der Waals surface area contributed by atoms with E-state index in [-0.39, 0.29) is 28.9 Å². The van der Waals surface area contributed by atoms with E-state index in [1.807, 2.05) is 0 Å². The molecule has 0 saturated heterocycles. The van der Waals surface area contributed by atoms with E-state index in [0.29, 0.717) is 0 Å². The molecule has 1 aliphatic carbocycles. The third-order valence-corrected chi connectivity index (χ3v) is 3.26. The lowest BCUT2D eigenvalue weighted by atomic mass is 10.0. The molecule has 0 bridgehead atoms. The minimum absolute atomic E-state index is 0.0191. The molecule has 0 heterocycles. The third kappa shape index (κ3) is 1.16. The van der Waals surface area contributed by atoms with Gasteiger partial charge in [0.05, 0.1) is 0 Å². The van der Waals surface area contributed by atoms with E-state index in [2.05, 4.69) is 13.8 Å². The maximum atomic E-state index is 9.63. The first-order chi connectivity index (χ1) is 6.44. The molecular formula is C11H15NO2. The third-order valence-electron chi connectivity index (χ3n) is 3.26. The average Bonchev–Trinajstić information content (AvgIpc) is 2.58. The highest BCUT2D eigenvalue weighted by atomic mass is 16.3. The van der Waals surface area contributed by atoms with Crippen LogP contribution in [0.2, 0.25) is 0 Å². The van der Waals surface area contributed by atoms with Gasteiger partial charge in [-0.25, -0.2) is 0 Å². The number of phenols is 2. The topological polar surface area (TPSA) is 66.5 Å². The molecule has 1 aliphatic rings. The molecule has 3 nitrogen and oxygen atoms in total. The van der Waals surface area contributed by atoms with Crippen LogP contribution >= 0.6 is 0 Å². The molecule has 0 aliphatic heterocycles. The maximum Gasteiger partial charge on any atom is 0.119 e. The number of hydrogen-bond acceptors (Lipinski definition) is 3. The van der Waals surface area contributed by atoms with Gasteiger partial charge in [0.2, 0.25) is 0 Å². The second-order valence-electron chi connectivity index (χ2n) is 4.57. The summed E-state index contributed by atoms with van der Waals surface area (Å²) in [6.07, 6.45) is 0. The fraction of sp³-hybridized carbons (Fsp3) is 0.455. The molecule has 3 heteroatoms. The first kappa shape index (κ1) is 9.34. The molecule has 1 aromatic rings. The van der Waals surface area contributed by atoms with Crippen molar-refractivity contribution in [3.05, 3.63) is 23.8 Å². The van der Waals surface area contributed by atoms with Crippen molar-refractivity contribution in [2.24, 2.45) is 11.1 Å². The van der Waals surface area contributed by atoms with E-state index in [9.17, 15) is 10.2 Å². The van der Waals surface area contributed by atoms with Crippen LogP contribution in [0.4, 0.5) is 0 Å². The summed E-state index contributed by atoms with van der Waals surface area (Å²) < 4.78 is 0. The zero-order chi connectivity index (χ0) is 10.5. The highest BCUT2D eigenvalue weighted by molar-refractivity contribution is 5.46. The fourth-order valence-electron chi connectivity index (χ4n) is 2.06. The predicted octanol–water partition coefficient (Wildman–Crippen LogP) is 1.55. The Balaban J connectivity index is 2.39. The maximum absolute atomic E-state index is 9.63. The van der Waals surface area contributed by atoms with Gasteiger partial charge in [-0.15, -0.1) is 0 Å². The lowest BCUT2D eigenvalue weighted by Crippen LogP contribution is -2.06. The van der Waals surface area contributed by atoms with Crippen LogP contribution in [0.15, 0.2) is 18.2 Å². The molecular weight excluding hydrogens is 178 g/mol. The lowest BCUT2D eigenvalue weighted by Gasteiger charge is -2.05. The Morgan fingerprint density at radius 2 is 1.86 bits per heavy atom. The number of nitrogens with two attached hydrogens (primary N) is 1. The van der Waals surface area contributed by atoms with Gasteiger partial charge in [0.1, 0.15) is 11.5 Å². The number of aromatic hydroxyl groups is 2. The van der Waals surface area contributed by atoms with Crippen LogP contribution in [0.3, 0.4) is 0 Å². The fourth-order valence-corrected chi connectivity index (χ4v) is 2.06. The van der Waals surface area contributed by atoms with Gasteiger partial charge in [-0.1, -0.05) is 13.8 Å². The van der Waals surface area contributed by atoms with E-state index in [0.717, 1.165) is 5.56 Å². The van der Waals surface area contributed by atoms with Crippen molar-refractivity contribution in [2.75, 3.05) is 0 Å². The van der Waals surface area contributed by atoms with E-state index >= 15 is 0 Å². The quantitative estimate of drug-likeness (QED) is 0.593. The van der Waals surface area contributed by atoms with Crippen molar-refractivity contribution < 1.29 is 10.2 Å². The van der Waals surface area contributed by atoms with E-state index in [4.69, 9.17) is 5.73 Å². The molecule has 2 atom stereocenters. The normalized spacial score (nSPS) is 28.8. The molecule has 76 valence electrons. The second kappa shape index (κ2) is 2.64. The van der Waals surface area contributed by atoms with E-state index in [1.165, 1.54) is 12.1 Å². The van der Waals surface area contributed by atoms with Gasteiger partial charge in [0, 0.05) is 17.5 Å². The number of benzene rings is 1. The van der Waals surface area contributed by atoms with Crippen molar-refractivity contribution in [3.63, 3.8) is 0 Å². The zero-order valence-corrected chi connectivity index (χ0v) is 8.36. The summed E-state index contributed by atoms with van der Waals surface area (Å²) in [6, 6.07) is 4.63. The van der Waals surface area contributed by atoms with Crippen LogP contribution < -0.4 is 5.73 Å². The van der Waals surface area contributed by atoms with Gasteiger partial charge in [0.25, 0.3) is 0 Å². The van der Waals surface area contributed by atoms with Gasteiger partial charge in [-0.05, 0) is 23.6 Å². The number of rotatable bonds is 1. The summed E-state index contributed by atoms with van der Waals surface area (Å²) in [4.78, 5) is 0. The summed E-state index contributed by atoms with van der Waals surface area (Å²) in [5.41, 5.74) is 6.67. The summed E-state index contributed by atoms with van der Waals surface area (Å²) in [5.74, 6) is 0.538. The number of hydrogen-bond donors (Lipinski definition) is 3. The van der Waals surface area contributed by atoms with E-state index in [1.54, 1.807) is 6.07 Å². The average molecular weight is 193 g/mol. The largest absolute Gasteiger partial charge is 0.508 e. The van der Waals surface area contributed by atoms with Crippen LogP contribution in [0.1, 0.15) is 25.3 Å². The molecule has 1 saturated carbocycles. The molecule has 1 aromatic carbocycles. The Bertz CT molecular complexity index is 374. The van der Waals surface area contributed by atoms with Gasteiger partial charge < -0.3 is 15.9 Å². The van der Waals surface area contributed by atoms with Gasteiger partial charge >= 0.3 is 0 Å². The van der Waals surface area contributed by atoms with Gasteiger partial charge in [-0.3, -0.25) is 0 Å². The summed E-state index contributed by atoms with van der Waals surface area (Å²) in [7, 11) is 0. The van der Waals surface area contributed by atoms with Crippen molar-refractivity contribution >= 4 is 0 Å². The highest BCUT2D eigenvalue weighted by Crippen LogP contribution is 2.59. The summed E-state index contributed by atoms with van der Waals surface area (Å²) in [6.45, 7) is 4.12. The molecule has 2 rings (SSSR count). The number of phenolic OH excluding ortho intramolecular Hbond substituents is 2. The Morgan fingerprint density at radius 1 is 1.29 bits per heavy atom. The smallest absolute Gasteiger partial charge is 0.119 e. The monoisotopic (exact) mass is 193 g/mol. The molecule has 1 fully saturated rings. The summed E-state index contributed by atoms with van der Waals surface area (Å²) in [5, 5.41) is 18.9. The second-order valence-corrected chi connectivity index (χ2v) is 4.57. The Kier molecular flexibility index (Phi) is 1.76. The van der Waals surface area contributed by atoms with Crippen LogP contribution in [-0.4, -0.2) is 16.3 Å². The molecule has 4 N–H and O–H groups in total. The standard InChI is InChI=1S/C11H15NO2/c1-11(2)9(10(11)12)7-5-6(13)3-4-8(7)14/h3-5,9-10,13-14H,12H2,1-2H3/t9-,10-/m0/s1. The Morgan fingerprint density at radius 3 is 2.36 bits per heavy atom. The van der Waals surface area contributed by atoms with Crippen LogP contribution in [0, 0.1) is 5.41 Å². The van der Waals surface area contributed by atoms with Crippen molar-refractivity contribution in [3.8, 4) is 11.5 Å². The molecule has 0 aromatic heterocycles.